The number of anilines is 1. The van der Waals surface area contributed by atoms with Crippen LogP contribution in [-0.4, -0.2) is 74.7 Å². The van der Waals surface area contributed by atoms with Gasteiger partial charge in [-0.2, -0.15) is 0 Å². The lowest BCUT2D eigenvalue weighted by Gasteiger charge is -2.37. The number of hydrogen-bond donors (Lipinski definition) is 2. The number of aromatic nitrogens is 1. The fraction of sp³-hybridized carbons (Fsp3) is 0.409. The van der Waals surface area contributed by atoms with Crippen molar-refractivity contribution < 1.29 is 9.53 Å². The third kappa shape index (κ3) is 7.27. The molecule has 0 aliphatic carbocycles. The molecule has 1 aliphatic heterocycles. The number of amides is 1. The lowest BCUT2D eigenvalue weighted by molar-refractivity contribution is 0.0954. The van der Waals surface area contributed by atoms with Gasteiger partial charge in [-0.15, -0.1) is 24.0 Å². The van der Waals surface area contributed by atoms with Gasteiger partial charge >= 0.3 is 0 Å². The van der Waals surface area contributed by atoms with Crippen LogP contribution in [0.1, 0.15) is 17.3 Å². The molecule has 1 fully saturated rings. The number of guanidine groups is 1. The Morgan fingerprint density at radius 1 is 1.13 bits per heavy atom. The number of ether oxygens (including phenoxy) is 1. The highest BCUT2D eigenvalue weighted by atomic mass is 127. The first-order valence-electron chi connectivity index (χ1n) is 10.3. The third-order valence-corrected chi connectivity index (χ3v) is 4.88. The number of carbonyl (C=O) groups excluding carboxylic acids is 1. The van der Waals surface area contributed by atoms with Gasteiger partial charge in [0.2, 0.25) is 0 Å². The van der Waals surface area contributed by atoms with Crippen molar-refractivity contribution in [2.24, 2.45) is 4.99 Å². The minimum Gasteiger partial charge on any atom is -0.497 e. The predicted molar refractivity (Wildman–Crippen MR) is 135 cm³/mol. The van der Waals surface area contributed by atoms with E-state index in [2.05, 4.69) is 32.3 Å². The summed E-state index contributed by atoms with van der Waals surface area (Å²) >= 11 is 0. The number of hydrogen-bond acceptors (Lipinski definition) is 5. The normalized spacial score (nSPS) is 13.9. The number of pyridine rings is 1. The number of nitrogens with zero attached hydrogens (tertiary/aromatic N) is 4. The van der Waals surface area contributed by atoms with Crippen molar-refractivity contribution in [1.29, 1.82) is 0 Å². The Balaban J connectivity index is 0.00000341. The molecule has 0 unspecified atom stereocenters. The fourth-order valence-electron chi connectivity index (χ4n) is 3.31. The van der Waals surface area contributed by atoms with Crippen LogP contribution in [-0.2, 0) is 0 Å². The zero-order chi connectivity index (χ0) is 21.2. The van der Waals surface area contributed by atoms with Crippen LogP contribution < -0.4 is 20.3 Å². The summed E-state index contributed by atoms with van der Waals surface area (Å²) in [4.78, 5) is 26.0. The average Bonchev–Trinajstić information content (AvgIpc) is 2.81. The summed E-state index contributed by atoms with van der Waals surface area (Å²) in [5.41, 5.74) is 0.580. The number of benzene rings is 1. The smallest absolute Gasteiger partial charge is 0.251 e. The monoisotopic (exact) mass is 538 g/mol. The van der Waals surface area contributed by atoms with E-state index in [0.29, 0.717) is 24.4 Å². The van der Waals surface area contributed by atoms with Crippen molar-refractivity contribution in [3.05, 3.63) is 54.2 Å². The van der Waals surface area contributed by atoms with Gasteiger partial charge in [0.15, 0.2) is 5.96 Å². The second-order valence-electron chi connectivity index (χ2n) is 6.89. The SMILES string of the molecule is CCNC(=NCCNC(=O)c1cccc(OC)c1)N1CCN(c2ccccn2)CC1.I. The molecule has 0 atom stereocenters. The molecule has 9 heteroatoms. The van der Waals surface area contributed by atoms with Crippen molar-refractivity contribution in [1.82, 2.24) is 20.5 Å². The molecule has 2 N–H and O–H groups in total. The van der Waals surface area contributed by atoms with Crippen molar-refractivity contribution in [2.45, 2.75) is 6.92 Å². The molecule has 1 amide bonds. The second-order valence-corrected chi connectivity index (χ2v) is 6.89. The van der Waals surface area contributed by atoms with Gasteiger partial charge in [0, 0.05) is 51.0 Å². The van der Waals surface area contributed by atoms with Crippen LogP contribution in [0.15, 0.2) is 53.7 Å². The van der Waals surface area contributed by atoms with Crippen LogP contribution in [0, 0.1) is 0 Å². The van der Waals surface area contributed by atoms with Gasteiger partial charge < -0.3 is 25.2 Å². The van der Waals surface area contributed by atoms with Gasteiger partial charge in [0.05, 0.1) is 13.7 Å². The average molecular weight is 538 g/mol. The lowest BCUT2D eigenvalue weighted by atomic mass is 10.2. The largest absolute Gasteiger partial charge is 0.497 e. The summed E-state index contributed by atoms with van der Waals surface area (Å²) in [5, 5.41) is 6.27. The van der Waals surface area contributed by atoms with Gasteiger partial charge in [0.1, 0.15) is 11.6 Å². The zero-order valence-corrected chi connectivity index (χ0v) is 20.4. The maximum Gasteiger partial charge on any atom is 0.251 e. The third-order valence-electron chi connectivity index (χ3n) is 4.88. The van der Waals surface area contributed by atoms with E-state index >= 15 is 0 Å². The van der Waals surface area contributed by atoms with E-state index in [4.69, 9.17) is 9.73 Å². The quantitative estimate of drug-likeness (QED) is 0.244. The minimum atomic E-state index is -0.127. The first-order chi connectivity index (χ1) is 14.7. The molecule has 31 heavy (non-hydrogen) atoms. The number of nitrogens with one attached hydrogen (secondary N) is 2. The molecule has 0 spiro atoms. The number of halogens is 1. The van der Waals surface area contributed by atoms with Crippen LogP contribution in [0.2, 0.25) is 0 Å². The Labute approximate surface area is 201 Å². The molecule has 2 aromatic rings. The minimum absolute atomic E-state index is 0. The maximum atomic E-state index is 12.3. The topological polar surface area (TPSA) is 82.1 Å². The number of carbonyl (C=O) groups is 1. The van der Waals surface area contributed by atoms with E-state index in [1.54, 1.807) is 25.3 Å². The Bertz CT molecular complexity index is 841. The van der Waals surface area contributed by atoms with Gasteiger partial charge in [0.25, 0.3) is 5.91 Å². The molecule has 0 saturated carbocycles. The number of piperazine rings is 1. The van der Waals surface area contributed by atoms with Gasteiger partial charge in [-0.1, -0.05) is 12.1 Å². The lowest BCUT2D eigenvalue weighted by Crippen LogP contribution is -2.52. The summed E-state index contributed by atoms with van der Waals surface area (Å²) in [6.07, 6.45) is 1.83. The summed E-state index contributed by atoms with van der Waals surface area (Å²) in [7, 11) is 1.59. The summed E-state index contributed by atoms with van der Waals surface area (Å²) in [6.45, 7) is 7.39. The summed E-state index contributed by atoms with van der Waals surface area (Å²) < 4.78 is 5.17. The van der Waals surface area contributed by atoms with E-state index in [1.807, 2.05) is 30.5 Å². The standard InChI is InChI=1S/C22H30N6O2.HI/c1-3-23-22(28-15-13-27(14-16-28)20-9-4-5-10-24-20)26-12-11-25-21(29)18-7-6-8-19(17-18)30-2;/h4-10,17H,3,11-16H2,1-2H3,(H,23,26)(H,25,29);1H. The summed E-state index contributed by atoms with van der Waals surface area (Å²) in [6, 6.07) is 13.1. The molecule has 1 aliphatic rings. The Morgan fingerprint density at radius 3 is 2.61 bits per heavy atom. The van der Waals surface area contributed by atoms with Crippen LogP contribution in [0.25, 0.3) is 0 Å². The first-order valence-corrected chi connectivity index (χ1v) is 10.3. The molecule has 1 aromatic heterocycles. The molecule has 0 bridgehead atoms. The van der Waals surface area contributed by atoms with Gasteiger partial charge in [-0.3, -0.25) is 9.79 Å². The van der Waals surface area contributed by atoms with Crippen molar-refractivity contribution in [3.63, 3.8) is 0 Å². The molecule has 1 aromatic carbocycles. The van der Waals surface area contributed by atoms with Crippen LogP contribution in [0.4, 0.5) is 5.82 Å². The highest BCUT2D eigenvalue weighted by Gasteiger charge is 2.20. The van der Waals surface area contributed by atoms with Crippen molar-refractivity contribution in [2.75, 3.05) is 57.8 Å². The van der Waals surface area contributed by atoms with Crippen molar-refractivity contribution >= 4 is 41.7 Å². The first kappa shape index (κ1) is 24.7. The van der Waals surface area contributed by atoms with E-state index in [1.165, 1.54) is 0 Å². The Kier molecular flexibility index (Phi) is 10.3. The van der Waals surface area contributed by atoms with E-state index in [0.717, 1.165) is 44.5 Å². The number of aliphatic imine (C=N–C) groups is 1. The molecule has 0 radical (unpaired) electrons. The molecular formula is C22H31IN6O2. The predicted octanol–water partition coefficient (Wildman–Crippen LogP) is 2.23. The Hall–Kier alpha value is -2.56. The highest BCUT2D eigenvalue weighted by Crippen LogP contribution is 2.13. The van der Waals surface area contributed by atoms with Gasteiger partial charge in [-0.05, 0) is 37.3 Å². The molecule has 8 nitrogen and oxygen atoms in total. The molecular weight excluding hydrogens is 507 g/mol. The highest BCUT2D eigenvalue weighted by molar-refractivity contribution is 14.0. The zero-order valence-electron chi connectivity index (χ0n) is 18.1. The van der Waals surface area contributed by atoms with Crippen LogP contribution in [0.5, 0.6) is 5.75 Å². The molecule has 2 heterocycles. The molecule has 3 rings (SSSR count). The molecule has 168 valence electrons. The maximum absolute atomic E-state index is 12.3. The van der Waals surface area contributed by atoms with Crippen LogP contribution >= 0.6 is 24.0 Å². The Morgan fingerprint density at radius 2 is 1.94 bits per heavy atom. The van der Waals surface area contributed by atoms with E-state index in [-0.39, 0.29) is 29.9 Å². The van der Waals surface area contributed by atoms with E-state index in [9.17, 15) is 4.79 Å². The number of rotatable bonds is 7. The summed E-state index contributed by atoms with van der Waals surface area (Å²) in [5.74, 6) is 2.44. The second kappa shape index (κ2) is 13.0. The van der Waals surface area contributed by atoms with Gasteiger partial charge in [-0.25, -0.2) is 4.98 Å². The van der Waals surface area contributed by atoms with E-state index < -0.39 is 0 Å². The fourth-order valence-corrected chi connectivity index (χ4v) is 3.31. The number of methoxy groups -OCH3 is 1. The molecule has 1 saturated heterocycles. The van der Waals surface area contributed by atoms with Crippen LogP contribution in [0.3, 0.4) is 0 Å². The van der Waals surface area contributed by atoms with Crippen molar-refractivity contribution in [3.8, 4) is 5.75 Å².